The molecule has 0 bridgehead atoms. The Hall–Kier alpha value is -3.69. The summed E-state index contributed by atoms with van der Waals surface area (Å²) in [6.07, 6.45) is -0.992. The molecule has 1 fully saturated rings. The third kappa shape index (κ3) is 3.83. The van der Waals surface area contributed by atoms with Gasteiger partial charge >= 0.3 is 12.2 Å². The molecule has 2 atom stereocenters. The molecule has 2 unspecified atom stereocenters. The van der Waals surface area contributed by atoms with Gasteiger partial charge in [0.25, 0.3) is 0 Å². The first-order valence-corrected chi connectivity index (χ1v) is 10.2. The lowest BCUT2D eigenvalue weighted by Crippen LogP contribution is -2.45. The Bertz CT molecular complexity index is 1150. The molecule has 1 saturated carbocycles. The zero-order chi connectivity index (χ0) is 22.3. The molecular formula is C22H19F3N6O. The van der Waals surface area contributed by atoms with Crippen LogP contribution >= 0.6 is 0 Å². The van der Waals surface area contributed by atoms with Gasteiger partial charge in [-0.2, -0.15) is 18.3 Å². The fourth-order valence-corrected chi connectivity index (χ4v) is 4.01. The quantitative estimate of drug-likeness (QED) is 0.598. The summed E-state index contributed by atoms with van der Waals surface area (Å²) in [5, 5.41) is 13.8. The van der Waals surface area contributed by atoms with E-state index in [4.69, 9.17) is 0 Å². The molecular weight excluding hydrogens is 421 g/mol. The fraction of sp³-hybridized carbons (Fsp3) is 0.273. The molecule has 1 aliphatic heterocycles. The van der Waals surface area contributed by atoms with E-state index in [-0.39, 0.29) is 12.0 Å². The second-order valence-electron chi connectivity index (χ2n) is 7.88. The summed E-state index contributed by atoms with van der Waals surface area (Å²) in [5.74, 6) is 0.931. The highest BCUT2D eigenvalue weighted by Gasteiger charge is 2.38. The third-order valence-electron chi connectivity index (χ3n) is 5.84. The Balaban J connectivity index is 1.52. The van der Waals surface area contributed by atoms with Gasteiger partial charge in [-0.05, 0) is 55.2 Å². The number of carbonyl (C=O) groups excluding carboxylic acids is 1. The smallest absolute Gasteiger partial charge is 0.379 e. The van der Waals surface area contributed by atoms with Crippen LogP contribution in [0.2, 0.25) is 0 Å². The largest absolute Gasteiger partial charge is 0.416 e. The first-order chi connectivity index (χ1) is 15.4. The van der Waals surface area contributed by atoms with Crippen molar-refractivity contribution in [1.29, 1.82) is 0 Å². The van der Waals surface area contributed by atoms with E-state index in [1.807, 2.05) is 0 Å². The van der Waals surface area contributed by atoms with Crippen LogP contribution in [0.25, 0.3) is 11.3 Å². The zero-order valence-electron chi connectivity index (χ0n) is 16.8. The number of pyridine rings is 1. The van der Waals surface area contributed by atoms with Crippen LogP contribution in [0.1, 0.15) is 18.4 Å². The highest BCUT2D eigenvalue weighted by atomic mass is 19.4. The van der Waals surface area contributed by atoms with Gasteiger partial charge in [-0.3, -0.25) is 10.2 Å². The summed E-state index contributed by atoms with van der Waals surface area (Å²) in [7, 11) is 0. The summed E-state index contributed by atoms with van der Waals surface area (Å²) < 4.78 is 39.5. The van der Waals surface area contributed by atoms with E-state index < -0.39 is 17.8 Å². The lowest BCUT2D eigenvalue weighted by molar-refractivity contribution is -0.137. The van der Waals surface area contributed by atoms with Gasteiger partial charge in [-0.1, -0.05) is 12.1 Å². The minimum Gasteiger partial charge on any atom is -0.379 e. The molecule has 10 heteroatoms. The zero-order valence-corrected chi connectivity index (χ0v) is 16.8. The van der Waals surface area contributed by atoms with E-state index in [1.165, 1.54) is 17.2 Å². The van der Waals surface area contributed by atoms with Crippen LogP contribution < -0.4 is 15.5 Å². The molecule has 1 aliphatic carbocycles. The van der Waals surface area contributed by atoms with Crippen molar-refractivity contribution in [3.63, 3.8) is 0 Å². The third-order valence-corrected chi connectivity index (χ3v) is 5.84. The van der Waals surface area contributed by atoms with Gasteiger partial charge in [0, 0.05) is 24.3 Å². The summed E-state index contributed by atoms with van der Waals surface area (Å²) in [6, 6.07) is 11.5. The minimum absolute atomic E-state index is 0.226. The number of rotatable bonds is 2. The number of aromatic nitrogens is 3. The molecule has 32 heavy (non-hydrogen) atoms. The van der Waals surface area contributed by atoms with Gasteiger partial charge in [0.2, 0.25) is 0 Å². The first-order valence-electron chi connectivity index (χ1n) is 10.2. The average molecular weight is 440 g/mol. The maximum atomic E-state index is 13.2. The molecule has 5 rings (SSSR count). The summed E-state index contributed by atoms with van der Waals surface area (Å²) in [4.78, 5) is 19.3. The van der Waals surface area contributed by atoms with Crippen LogP contribution in [-0.2, 0) is 6.18 Å². The number of nitrogens with zero attached hydrogens (tertiary/aromatic N) is 4. The van der Waals surface area contributed by atoms with Crippen LogP contribution in [0, 0.1) is 5.92 Å². The standard InChI is InChI=1S/C22H19F3N6O/c23-22(24,25)15-4-1-3-13(11-15)16-8-9-18-20(28-16)31(12-14-6-7-17(14)27-18)21(32)29-19-5-2-10-26-30-19/h1-5,8-11,14,17,27H,6-7,12H2,(H,29,30,32). The predicted molar refractivity (Wildman–Crippen MR) is 113 cm³/mol. The lowest BCUT2D eigenvalue weighted by atomic mass is 9.79. The minimum atomic E-state index is -4.45. The predicted octanol–water partition coefficient (Wildman–Crippen LogP) is 4.80. The number of carbonyl (C=O) groups is 1. The van der Waals surface area contributed by atoms with E-state index in [0.717, 1.165) is 25.0 Å². The second-order valence-corrected chi connectivity index (χ2v) is 7.88. The molecule has 0 radical (unpaired) electrons. The highest BCUT2D eigenvalue weighted by Crippen LogP contribution is 2.40. The number of hydrogen-bond donors (Lipinski definition) is 2. The molecule has 3 aromatic rings. The summed E-state index contributed by atoms with van der Waals surface area (Å²) >= 11 is 0. The first kappa shape index (κ1) is 20.2. The number of benzene rings is 1. The number of urea groups is 1. The van der Waals surface area contributed by atoms with Gasteiger partial charge < -0.3 is 5.32 Å². The van der Waals surface area contributed by atoms with E-state index in [9.17, 15) is 18.0 Å². The summed E-state index contributed by atoms with van der Waals surface area (Å²) in [5.41, 5.74) is 0.592. The van der Waals surface area contributed by atoms with Crippen molar-refractivity contribution >= 4 is 23.4 Å². The molecule has 0 saturated heterocycles. The van der Waals surface area contributed by atoms with Crippen LogP contribution in [0.3, 0.4) is 0 Å². The van der Waals surface area contributed by atoms with Crippen molar-refractivity contribution in [2.45, 2.75) is 25.1 Å². The van der Waals surface area contributed by atoms with E-state index >= 15 is 0 Å². The molecule has 164 valence electrons. The topological polar surface area (TPSA) is 83.0 Å². The number of nitrogens with one attached hydrogen (secondary N) is 2. The average Bonchev–Trinajstić information content (AvgIpc) is 2.88. The molecule has 7 nitrogen and oxygen atoms in total. The monoisotopic (exact) mass is 440 g/mol. The molecule has 2 aromatic heterocycles. The van der Waals surface area contributed by atoms with Crippen molar-refractivity contribution in [3.05, 3.63) is 60.3 Å². The normalized spacial score (nSPS) is 19.7. The van der Waals surface area contributed by atoms with Gasteiger partial charge in [0.05, 0.1) is 16.9 Å². The number of amides is 2. The van der Waals surface area contributed by atoms with Crippen molar-refractivity contribution in [3.8, 4) is 11.3 Å². The highest BCUT2D eigenvalue weighted by molar-refractivity contribution is 6.03. The Kier molecular flexibility index (Phi) is 4.91. The Morgan fingerprint density at radius 1 is 1.12 bits per heavy atom. The molecule has 0 spiro atoms. The van der Waals surface area contributed by atoms with Crippen molar-refractivity contribution in [1.82, 2.24) is 15.2 Å². The van der Waals surface area contributed by atoms with Crippen molar-refractivity contribution < 1.29 is 18.0 Å². The van der Waals surface area contributed by atoms with Crippen molar-refractivity contribution in [2.75, 3.05) is 22.1 Å². The number of anilines is 3. The van der Waals surface area contributed by atoms with Crippen LogP contribution in [0.5, 0.6) is 0 Å². The van der Waals surface area contributed by atoms with Crippen LogP contribution in [-0.4, -0.2) is 33.8 Å². The van der Waals surface area contributed by atoms with Crippen molar-refractivity contribution in [2.24, 2.45) is 5.92 Å². The molecule has 2 N–H and O–H groups in total. The van der Waals surface area contributed by atoms with Crippen LogP contribution in [0.4, 0.5) is 35.3 Å². The second kappa shape index (κ2) is 7.77. The lowest BCUT2D eigenvalue weighted by Gasteiger charge is -2.36. The molecule has 2 aliphatic rings. The van der Waals surface area contributed by atoms with Gasteiger partial charge in [0.15, 0.2) is 11.6 Å². The van der Waals surface area contributed by atoms with E-state index in [2.05, 4.69) is 25.8 Å². The maximum Gasteiger partial charge on any atom is 0.416 e. The number of hydrogen-bond acceptors (Lipinski definition) is 5. The Morgan fingerprint density at radius 3 is 2.72 bits per heavy atom. The van der Waals surface area contributed by atoms with Gasteiger partial charge in [-0.25, -0.2) is 9.78 Å². The Labute approximate surface area is 181 Å². The number of alkyl halides is 3. The fourth-order valence-electron chi connectivity index (χ4n) is 4.01. The van der Waals surface area contributed by atoms with E-state index in [1.54, 1.807) is 30.3 Å². The maximum absolute atomic E-state index is 13.2. The SMILES string of the molecule is O=C(Nc1cccnn1)N1CC2CCC2Nc2ccc(-c3cccc(C(F)(F)F)c3)nc21. The van der Waals surface area contributed by atoms with Crippen LogP contribution in [0.15, 0.2) is 54.7 Å². The molecule has 1 aromatic carbocycles. The number of halogens is 3. The van der Waals surface area contributed by atoms with Gasteiger partial charge in [0.1, 0.15) is 0 Å². The van der Waals surface area contributed by atoms with E-state index in [0.29, 0.717) is 35.1 Å². The Morgan fingerprint density at radius 2 is 2.00 bits per heavy atom. The van der Waals surface area contributed by atoms with Gasteiger partial charge in [-0.15, -0.1) is 5.10 Å². The summed E-state index contributed by atoms with van der Waals surface area (Å²) in [6.45, 7) is 0.440. The molecule has 3 heterocycles. The molecule has 2 amide bonds. The number of fused-ring (bicyclic) bond motifs is 2.